The maximum atomic E-state index is 12.0. The van der Waals surface area contributed by atoms with Crippen molar-refractivity contribution >= 4 is 31.9 Å². The number of hydrogen-bond donors (Lipinski definition) is 0. The molecule has 5 heteroatoms. The Balaban J connectivity index is 2.75. The van der Waals surface area contributed by atoms with Gasteiger partial charge >= 0.3 is 6.61 Å². The summed E-state index contributed by atoms with van der Waals surface area (Å²) in [6, 6.07) is 5.26. The normalized spacial score (nSPS) is 10.7. The van der Waals surface area contributed by atoms with E-state index in [-0.39, 0.29) is 5.75 Å². The van der Waals surface area contributed by atoms with Crippen LogP contribution in [-0.2, 0) is 6.42 Å². The van der Waals surface area contributed by atoms with Gasteiger partial charge < -0.3 is 4.74 Å². The van der Waals surface area contributed by atoms with Crippen LogP contribution in [0.4, 0.5) is 8.78 Å². The van der Waals surface area contributed by atoms with E-state index in [1.807, 2.05) is 6.07 Å². The second kappa shape index (κ2) is 6.43. The number of rotatable bonds is 5. The zero-order chi connectivity index (χ0) is 11.3. The van der Waals surface area contributed by atoms with Gasteiger partial charge in [-0.2, -0.15) is 8.78 Å². The average Bonchev–Trinajstić information content (AvgIpc) is 2.18. The van der Waals surface area contributed by atoms with E-state index in [0.717, 1.165) is 23.7 Å². The van der Waals surface area contributed by atoms with E-state index in [0.29, 0.717) is 4.47 Å². The van der Waals surface area contributed by atoms with Crippen LogP contribution in [0.5, 0.6) is 5.75 Å². The fraction of sp³-hybridized carbons (Fsp3) is 0.400. The summed E-state index contributed by atoms with van der Waals surface area (Å²) in [5.74, 6) is 0.192. The van der Waals surface area contributed by atoms with Crippen molar-refractivity contribution < 1.29 is 13.5 Å². The monoisotopic (exact) mass is 342 g/mol. The zero-order valence-electron chi connectivity index (χ0n) is 7.85. The average molecular weight is 344 g/mol. The predicted molar refractivity (Wildman–Crippen MR) is 62.9 cm³/mol. The van der Waals surface area contributed by atoms with E-state index in [4.69, 9.17) is 0 Å². The van der Waals surface area contributed by atoms with Gasteiger partial charge in [0.05, 0.1) is 4.47 Å². The maximum Gasteiger partial charge on any atom is 0.387 e. The van der Waals surface area contributed by atoms with Crippen molar-refractivity contribution in [1.82, 2.24) is 0 Å². The van der Waals surface area contributed by atoms with Crippen LogP contribution in [0, 0.1) is 0 Å². The number of ether oxygens (including phenoxy) is 1. The van der Waals surface area contributed by atoms with Gasteiger partial charge in [0.15, 0.2) is 0 Å². The number of benzene rings is 1. The molecule has 84 valence electrons. The Kier molecular flexibility index (Phi) is 5.53. The lowest BCUT2D eigenvalue weighted by molar-refractivity contribution is -0.0503. The van der Waals surface area contributed by atoms with Gasteiger partial charge in [-0.3, -0.25) is 0 Å². The Bertz CT molecular complexity index is 318. The summed E-state index contributed by atoms with van der Waals surface area (Å²) in [7, 11) is 0. The highest BCUT2D eigenvalue weighted by atomic mass is 79.9. The number of hydrogen-bond acceptors (Lipinski definition) is 1. The third-order valence-electron chi connectivity index (χ3n) is 1.81. The summed E-state index contributed by atoms with van der Waals surface area (Å²) in [5.41, 5.74) is 0.994. The molecule has 1 aromatic rings. The molecule has 1 aromatic carbocycles. The van der Waals surface area contributed by atoms with Crippen LogP contribution in [0.2, 0.25) is 0 Å². The Labute approximate surface area is 104 Å². The number of alkyl halides is 3. The Hall–Kier alpha value is -0.160. The molecule has 0 saturated heterocycles. The molecular formula is C10H10Br2F2O. The van der Waals surface area contributed by atoms with E-state index >= 15 is 0 Å². The van der Waals surface area contributed by atoms with Crippen LogP contribution in [0.15, 0.2) is 22.7 Å². The molecule has 0 N–H and O–H groups in total. The fourth-order valence-corrected chi connectivity index (χ4v) is 1.78. The molecule has 0 saturated carbocycles. The highest BCUT2D eigenvalue weighted by Crippen LogP contribution is 2.28. The van der Waals surface area contributed by atoms with Crippen molar-refractivity contribution in [2.75, 3.05) is 5.33 Å². The molecule has 0 aliphatic heterocycles. The van der Waals surface area contributed by atoms with Gasteiger partial charge in [-0.15, -0.1) is 0 Å². The lowest BCUT2D eigenvalue weighted by atomic mass is 10.1. The number of halogens is 4. The smallest absolute Gasteiger partial charge is 0.387 e. The molecule has 0 atom stereocenters. The molecule has 0 aliphatic carbocycles. The summed E-state index contributed by atoms with van der Waals surface area (Å²) in [6.07, 6.45) is 1.81. The standard InChI is InChI=1S/C10H10Br2F2O/c11-5-1-2-7-3-4-8(12)9(6-7)15-10(13)14/h3-4,6,10H,1-2,5H2. The topological polar surface area (TPSA) is 9.23 Å². The minimum absolute atomic E-state index is 0.192. The summed E-state index contributed by atoms with van der Waals surface area (Å²) >= 11 is 6.48. The molecule has 0 amide bonds. The van der Waals surface area contributed by atoms with Gasteiger partial charge in [0.25, 0.3) is 0 Å². The van der Waals surface area contributed by atoms with E-state index in [9.17, 15) is 8.78 Å². The van der Waals surface area contributed by atoms with Crippen molar-refractivity contribution in [3.8, 4) is 5.75 Å². The third kappa shape index (κ3) is 4.47. The largest absolute Gasteiger partial charge is 0.434 e. The van der Waals surface area contributed by atoms with Crippen molar-refractivity contribution in [3.63, 3.8) is 0 Å². The lowest BCUT2D eigenvalue weighted by Gasteiger charge is -2.08. The predicted octanol–water partition coefficient (Wildman–Crippen LogP) is 4.38. The van der Waals surface area contributed by atoms with Crippen molar-refractivity contribution in [1.29, 1.82) is 0 Å². The van der Waals surface area contributed by atoms with Gasteiger partial charge in [-0.05, 0) is 46.5 Å². The minimum Gasteiger partial charge on any atom is -0.434 e. The van der Waals surface area contributed by atoms with Gasteiger partial charge in [0.1, 0.15) is 5.75 Å². The summed E-state index contributed by atoms with van der Waals surface area (Å²) < 4.78 is 29.0. The number of aryl methyl sites for hydroxylation is 1. The highest BCUT2D eigenvalue weighted by Gasteiger charge is 2.08. The van der Waals surface area contributed by atoms with Crippen LogP contribution < -0.4 is 4.74 Å². The van der Waals surface area contributed by atoms with Crippen LogP contribution in [-0.4, -0.2) is 11.9 Å². The summed E-state index contributed by atoms with van der Waals surface area (Å²) in [5, 5.41) is 0.897. The maximum absolute atomic E-state index is 12.0. The Morgan fingerprint density at radius 2 is 2.07 bits per heavy atom. The van der Waals surface area contributed by atoms with E-state index in [1.165, 1.54) is 0 Å². The first-order valence-corrected chi connectivity index (χ1v) is 6.34. The van der Waals surface area contributed by atoms with Crippen LogP contribution >= 0.6 is 31.9 Å². The minimum atomic E-state index is -2.78. The first-order valence-electron chi connectivity index (χ1n) is 4.42. The van der Waals surface area contributed by atoms with Gasteiger partial charge in [0, 0.05) is 5.33 Å². The molecule has 0 radical (unpaired) electrons. The molecule has 0 bridgehead atoms. The quantitative estimate of drug-likeness (QED) is 0.721. The first-order chi connectivity index (χ1) is 7.13. The van der Waals surface area contributed by atoms with Gasteiger partial charge in [0.2, 0.25) is 0 Å². The van der Waals surface area contributed by atoms with Crippen molar-refractivity contribution in [2.45, 2.75) is 19.5 Å². The van der Waals surface area contributed by atoms with Crippen molar-refractivity contribution in [3.05, 3.63) is 28.2 Å². The molecule has 1 rings (SSSR count). The molecule has 0 heterocycles. The summed E-state index contributed by atoms with van der Waals surface area (Å²) in [4.78, 5) is 0. The van der Waals surface area contributed by atoms with Crippen molar-refractivity contribution in [2.24, 2.45) is 0 Å². The van der Waals surface area contributed by atoms with Crippen LogP contribution in [0.3, 0.4) is 0 Å². The Morgan fingerprint density at radius 1 is 1.33 bits per heavy atom. The Morgan fingerprint density at radius 3 is 2.67 bits per heavy atom. The van der Waals surface area contributed by atoms with Crippen LogP contribution in [0.1, 0.15) is 12.0 Å². The molecule has 0 fully saturated rings. The van der Waals surface area contributed by atoms with E-state index in [2.05, 4.69) is 36.6 Å². The molecular weight excluding hydrogens is 334 g/mol. The van der Waals surface area contributed by atoms with Gasteiger partial charge in [-0.25, -0.2) is 0 Å². The van der Waals surface area contributed by atoms with E-state index in [1.54, 1.807) is 12.1 Å². The SMILES string of the molecule is FC(F)Oc1cc(CCCBr)ccc1Br. The fourth-order valence-electron chi connectivity index (χ4n) is 1.16. The van der Waals surface area contributed by atoms with E-state index < -0.39 is 6.61 Å². The first kappa shape index (κ1) is 12.9. The molecule has 1 nitrogen and oxygen atoms in total. The molecule has 0 aromatic heterocycles. The van der Waals surface area contributed by atoms with Gasteiger partial charge in [-0.1, -0.05) is 22.0 Å². The zero-order valence-corrected chi connectivity index (χ0v) is 11.0. The highest BCUT2D eigenvalue weighted by molar-refractivity contribution is 9.10. The molecule has 0 unspecified atom stereocenters. The third-order valence-corrected chi connectivity index (χ3v) is 3.03. The second-order valence-corrected chi connectivity index (χ2v) is 4.58. The second-order valence-electron chi connectivity index (χ2n) is 2.94. The lowest BCUT2D eigenvalue weighted by Crippen LogP contribution is -2.03. The molecule has 0 spiro atoms. The molecule has 15 heavy (non-hydrogen) atoms. The summed E-state index contributed by atoms with van der Waals surface area (Å²) in [6.45, 7) is -2.78. The molecule has 0 aliphatic rings. The van der Waals surface area contributed by atoms with Crippen LogP contribution in [0.25, 0.3) is 0 Å².